The van der Waals surface area contributed by atoms with Gasteiger partial charge in [0.05, 0.1) is 11.9 Å². The molecule has 0 aromatic heterocycles. The van der Waals surface area contributed by atoms with Crippen LogP contribution in [-0.2, 0) is 26.2 Å². The molecule has 2 aromatic rings. The molecule has 1 heterocycles. The Morgan fingerprint density at radius 2 is 1.76 bits per heavy atom. The minimum atomic E-state index is -3.62. The van der Waals surface area contributed by atoms with E-state index >= 15 is 0 Å². The average molecular weight is 597 g/mol. The van der Waals surface area contributed by atoms with Crippen molar-refractivity contribution < 1.29 is 27.5 Å². The van der Waals surface area contributed by atoms with E-state index in [4.69, 9.17) is 9.47 Å². The van der Waals surface area contributed by atoms with Crippen LogP contribution in [0.2, 0.25) is 0 Å². The number of hydrogen-bond donors (Lipinski definition) is 1. The number of rotatable bonds is 11. The molecular formula is C26H34BrN3O6S. The number of hydrogen-bond acceptors (Lipinski definition) is 6. The SMILES string of the molecule is CC(C)NC(=O)C(C)N(Cc1cccc(Br)c1)C(=O)CCCN(c1ccc2c(c1)OCCO2)S(C)(=O)=O. The Balaban J connectivity index is 1.74. The fraction of sp³-hybridized carbons (Fsp3) is 0.462. The quantitative estimate of drug-likeness (QED) is 0.424. The van der Waals surface area contributed by atoms with E-state index in [9.17, 15) is 18.0 Å². The molecule has 11 heteroatoms. The standard InChI is InChI=1S/C26H34BrN3O6S/c1-18(2)28-26(32)19(3)29(17-20-7-5-8-21(27)15-20)25(31)9-6-12-30(37(4,33)34)22-10-11-23-24(16-22)36-14-13-35-23/h5,7-8,10-11,15-16,18-19H,6,9,12-14,17H2,1-4H3,(H,28,32). The first-order chi connectivity index (χ1) is 17.5. The molecule has 0 saturated carbocycles. The van der Waals surface area contributed by atoms with Gasteiger partial charge in [0.1, 0.15) is 19.3 Å². The lowest BCUT2D eigenvalue weighted by molar-refractivity contribution is -0.140. The first-order valence-corrected chi connectivity index (χ1v) is 14.8. The summed E-state index contributed by atoms with van der Waals surface area (Å²) in [5, 5.41) is 2.86. The van der Waals surface area contributed by atoms with Crippen molar-refractivity contribution in [3.05, 3.63) is 52.5 Å². The predicted octanol–water partition coefficient (Wildman–Crippen LogP) is 3.71. The highest BCUT2D eigenvalue weighted by molar-refractivity contribution is 9.10. The van der Waals surface area contributed by atoms with Crippen molar-refractivity contribution in [2.24, 2.45) is 0 Å². The Labute approximate surface area is 227 Å². The second-order valence-corrected chi connectivity index (χ2v) is 12.1. The van der Waals surface area contributed by atoms with Gasteiger partial charge in [0.25, 0.3) is 0 Å². The summed E-state index contributed by atoms with van der Waals surface area (Å²) in [6, 6.07) is 11.8. The van der Waals surface area contributed by atoms with Crippen LogP contribution >= 0.6 is 15.9 Å². The largest absolute Gasteiger partial charge is 0.486 e. The van der Waals surface area contributed by atoms with Gasteiger partial charge in [-0.05, 0) is 57.0 Å². The van der Waals surface area contributed by atoms with Crippen LogP contribution in [0.1, 0.15) is 39.2 Å². The van der Waals surface area contributed by atoms with E-state index in [0.29, 0.717) is 30.4 Å². The minimum absolute atomic E-state index is 0.0629. The van der Waals surface area contributed by atoms with Crippen molar-refractivity contribution in [1.29, 1.82) is 0 Å². The molecule has 2 amide bonds. The fourth-order valence-corrected chi connectivity index (χ4v) is 5.41. The number of amides is 2. The van der Waals surface area contributed by atoms with Gasteiger partial charge >= 0.3 is 0 Å². The molecule has 0 fully saturated rings. The van der Waals surface area contributed by atoms with Crippen LogP contribution in [0.15, 0.2) is 46.9 Å². The van der Waals surface area contributed by atoms with Crippen LogP contribution in [0.3, 0.4) is 0 Å². The highest BCUT2D eigenvalue weighted by atomic mass is 79.9. The summed E-state index contributed by atoms with van der Waals surface area (Å²) < 4.78 is 38.4. The fourth-order valence-electron chi connectivity index (χ4n) is 4.01. The van der Waals surface area contributed by atoms with Crippen molar-refractivity contribution in [3.8, 4) is 11.5 Å². The number of sulfonamides is 1. The molecule has 1 N–H and O–H groups in total. The third kappa shape index (κ3) is 8.10. The Kier molecular flexibility index (Phi) is 9.83. The molecule has 1 atom stereocenters. The number of fused-ring (bicyclic) bond motifs is 1. The molecule has 202 valence electrons. The van der Waals surface area contributed by atoms with Crippen LogP contribution in [0.4, 0.5) is 5.69 Å². The summed E-state index contributed by atoms with van der Waals surface area (Å²) in [4.78, 5) is 27.6. The van der Waals surface area contributed by atoms with Gasteiger partial charge in [0.15, 0.2) is 11.5 Å². The second kappa shape index (κ2) is 12.6. The lowest BCUT2D eigenvalue weighted by atomic mass is 10.1. The molecule has 3 rings (SSSR count). The molecule has 0 spiro atoms. The van der Waals surface area contributed by atoms with Gasteiger partial charge in [-0.2, -0.15) is 0 Å². The Morgan fingerprint density at radius 1 is 1.05 bits per heavy atom. The van der Waals surface area contributed by atoms with Crippen LogP contribution in [-0.4, -0.2) is 63.2 Å². The molecule has 0 bridgehead atoms. The molecule has 37 heavy (non-hydrogen) atoms. The van der Waals surface area contributed by atoms with Crippen molar-refractivity contribution >= 4 is 43.5 Å². The minimum Gasteiger partial charge on any atom is -0.486 e. The van der Waals surface area contributed by atoms with Crippen LogP contribution < -0.4 is 19.1 Å². The molecule has 0 radical (unpaired) electrons. The van der Waals surface area contributed by atoms with Crippen molar-refractivity contribution in [3.63, 3.8) is 0 Å². The summed E-state index contributed by atoms with van der Waals surface area (Å²) >= 11 is 3.45. The Hall–Kier alpha value is -2.79. The normalized spacial score (nSPS) is 13.7. The molecule has 9 nitrogen and oxygen atoms in total. The molecule has 1 aliphatic heterocycles. The number of nitrogens with zero attached hydrogens (tertiary/aromatic N) is 2. The molecular weight excluding hydrogens is 562 g/mol. The van der Waals surface area contributed by atoms with E-state index < -0.39 is 16.1 Å². The van der Waals surface area contributed by atoms with E-state index in [1.807, 2.05) is 38.1 Å². The number of carbonyl (C=O) groups excluding carboxylic acids is 2. The van der Waals surface area contributed by atoms with E-state index in [-0.39, 0.29) is 43.8 Å². The summed E-state index contributed by atoms with van der Waals surface area (Å²) in [7, 11) is -3.62. The van der Waals surface area contributed by atoms with Gasteiger partial charge < -0.3 is 19.7 Å². The summed E-state index contributed by atoms with van der Waals surface area (Å²) in [6.45, 7) is 6.61. The third-order valence-corrected chi connectivity index (χ3v) is 7.49. The highest BCUT2D eigenvalue weighted by Crippen LogP contribution is 2.34. The molecule has 1 aliphatic rings. The first kappa shape index (κ1) is 28.8. The zero-order valence-corrected chi connectivity index (χ0v) is 24.0. The third-order valence-electron chi connectivity index (χ3n) is 5.81. The van der Waals surface area contributed by atoms with Gasteiger partial charge in [0.2, 0.25) is 21.8 Å². The van der Waals surface area contributed by atoms with E-state index in [2.05, 4.69) is 21.2 Å². The Morgan fingerprint density at radius 3 is 2.41 bits per heavy atom. The summed E-state index contributed by atoms with van der Waals surface area (Å²) in [6.07, 6.45) is 1.47. The van der Waals surface area contributed by atoms with Crippen molar-refractivity contribution in [1.82, 2.24) is 10.2 Å². The number of halogens is 1. The van der Waals surface area contributed by atoms with Gasteiger partial charge in [-0.1, -0.05) is 28.1 Å². The maximum absolute atomic E-state index is 13.4. The maximum Gasteiger partial charge on any atom is 0.242 e. The monoisotopic (exact) mass is 595 g/mol. The van der Waals surface area contributed by atoms with Crippen LogP contribution in [0.5, 0.6) is 11.5 Å². The zero-order valence-electron chi connectivity index (χ0n) is 21.6. The van der Waals surface area contributed by atoms with Crippen LogP contribution in [0, 0.1) is 0 Å². The number of anilines is 1. The Bertz CT molecular complexity index is 1220. The van der Waals surface area contributed by atoms with Gasteiger partial charge in [-0.3, -0.25) is 13.9 Å². The number of nitrogens with one attached hydrogen (secondary N) is 1. The average Bonchev–Trinajstić information content (AvgIpc) is 2.83. The van der Waals surface area contributed by atoms with E-state index in [1.165, 1.54) is 9.21 Å². The van der Waals surface area contributed by atoms with Crippen LogP contribution in [0.25, 0.3) is 0 Å². The molecule has 2 aromatic carbocycles. The van der Waals surface area contributed by atoms with E-state index in [1.54, 1.807) is 25.1 Å². The predicted molar refractivity (Wildman–Crippen MR) is 146 cm³/mol. The van der Waals surface area contributed by atoms with Crippen molar-refractivity contribution in [2.75, 3.05) is 30.3 Å². The first-order valence-electron chi connectivity index (χ1n) is 12.2. The highest BCUT2D eigenvalue weighted by Gasteiger charge is 2.27. The maximum atomic E-state index is 13.4. The molecule has 0 saturated heterocycles. The molecule has 0 aliphatic carbocycles. The number of carbonyl (C=O) groups is 2. The van der Waals surface area contributed by atoms with Crippen molar-refractivity contribution in [2.45, 2.75) is 52.2 Å². The second-order valence-electron chi connectivity index (χ2n) is 9.26. The topological polar surface area (TPSA) is 105 Å². The van der Waals surface area contributed by atoms with E-state index in [0.717, 1.165) is 16.3 Å². The molecule has 1 unspecified atom stereocenters. The lowest BCUT2D eigenvalue weighted by Gasteiger charge is -2.30. The van der Waals surface area contributed by atoms with Gasteiger partial charge in [0, 0.05) is 36.1 Å². The summed E-state index contributed by atoms with van der Waals surface area (Å²) in [5.41, 5.74) is 1.32. The number of ether oxygens (including phenoxy) is 2. The van der Waals surface area contributed by atoms with Gasteiger partial charge in [-0.25, -0.2) is 8.42 Å². The smallest absolute Gasteiger partial charge is 0.242 e. The van der Waals surface area contributed by atoms with Gasteiger partial charge in [-0.15, -0.1) is 0 Å². The lowest BCUT2D eigenvalue weighted by Crippen LogP contribution is -2.49. The summed E-state index contributed by atoms with van der Waals surface area (Å²) in [5.74, 6) is 0.573. The zero-order chi connectivity index (χ0) is 27.2. The number of benzene rings is 2.